The van der Waals surface area contributed by atoms with Gasteiger partial charge in [0.05, 0.1) is 64.6 Å². The number of phosphoric acid groups is 3. The molecule has 0 aromatic heterocycles. The molecule has 9 heterocycles. The summed E-state index contributed by atoms with van der Waals surface area (Å²) < 4.78 is 158. The topological polar surface area (TPSA) is 864 Å². The van der Waals surface area contributed by atoms with Crippen molar-refractivity contribution >= 4 is 41.2 Å². The molecule has 3 unspecified atom stereocenters. The van der Waals surface area contributed by atoms with Crippen LogP contribution in [0.3, 0.4) is 0 Å². The molecule has 9 aliphatic rings. The highest BCUT2D eigenvalue weighted by molar-refractivity contribution is 7.48. The predicted molar refractivity (Wildman–Crippen MR) is 373 cm³/mol. The SMILES string of the molecule is CC(=O)N[C@@H]1[C@H](O[C@H]2[C@H](O)[C@@H](O)[C@@H](O[C@H]3[C@H](OP(=O)(O)OCCN)O[C@@H](C)[C@H](O)[C@H]3O)O[C@@H]2CO)O[C@H](CO)[C@@H](OP(=O)(O)O[C@@H]2O[C@@H](C)[C@H](O)[C@@H](O)[C@H]2O[C@H]2O[C@H](CO)[C@@H](O[C@@H]3O[C@H](CO)[C@@H](OP(=O)(O)O[C@@H]4O[C@@H](C)[C@H](O)[C@@H](O)[C@H]4O[C@H]4O[C@H](CO)[C@@H](O[C@@H]5O[C@H](CO)[C@@H](O)[C@H](O)[C@@H]5NC(C)=O)[C@H](O)[C@H]4O)[C@H](O)[C@@H]3NC(C)=O)[C@H](O)[C@H]2O)[C@@H]1O. The molecule has 59 heteroatoms. The van der Waals surface area contributed by atoms with Crippen LogP contribution in [-0.2, 0) is 126 Å². The lowest BCUT2D eigenvalue weighted by atomic mass is 9.95. The Kier molecular flexibility index (Phi) is 36.5. The predicted octanol–water partition coefficient (Wildman–Crippen LogP) is -16.8. The lowest BCUT2D eigenvalue weighted by Crippen LogP contribution is -2.68. The van der Waals surface area contributed by atoms with Crippen LogP contribution in [0, 0.1) is 0 Å². The molecule has 48 atom stereocenters. The molecule has 9 fully saturated rings. The molecule has 0 spiro atoms. The average molecular weight is 1840 g/mol. The van der Waals surface area contributed by atoms with Crippen molar-refractivity contribution in [2.75, 3.05) is 52.8 Å². The van der Waals surface area contributed by atoms with Gasteiger partial charge in [-0.25, -0.2) is 13.7 Å². The zero-order valence-electron chi connectivity index (χ0n) is 64.8. The number of phosphoric ester groups is 3. The first-order chi connectivity index (χ1) is 56.7. The molecule has 121 heavy (non-hydrogen) atoms. The van der Waals surface area contributed by atoms with Gasteiger partial charge >= 0.3 is 23.5 Å². The highest BCUT2D eigenvalue weighted by Gasteiger charge is 2.62. The molecule has 0 aliphatic carbocycles. The van der Waals surface area contributed by atoms with Gasteiger partial charge in [-0.2, -0.15) is 0 Å². The van der Waals surface area contributed by atoms with Gasteiger partial charge in [0.2, 0.25) is 17.7 Å². The van der Waals surface area contributed by atoms with Crippen molar-refractivity contribution in [2.24, 2.45) is 5.73 Å². The van der Waals surface area contributed by atoms with E-state index in [1.54, 1.807) is 0 Å². The highest BCUT2D eigenvalue weighted by atomic mass is 31.2. The van der Waals surface area contributed by atoms with E-state index in [9.17, 15) is 155 Å². The molecule has 0 aromatic carbocycles. The highest BCUT2D eigenvalue weighted by Crippen LogP contribution is 2.53. The summed E-state index contributed by atoms with van der Waals surface area (Å²) in [5.41, 5.74) is 5.34. The summed E-state index contributed by atoms with van der Waals surface area (Å²) >= 11 is 0. The molecule has 9 rings (SSSR count). The summed E-state index contributed by atoms with van der Waals surface area (Å²) in [6, 6.07) is -5.72. The summed E-state index contributed by atoms with van der Waals surface area (Å²) in [5, 5.41) is 250. The number of nitrogens with one attached hydrogen (secondary N) is 3. The maximum atomic E-state index is 14.3. The number of aliphatic hydroxyl groups is 22. The van der Waals surface area contributed by atoms with E-state index in [-0.39, 0.29) is 6.54 Å². The van der Waals surface area contributed by atoms with Crippen LogP contribution in [0.25, 0.3) is 0 Å². The Morgan fingerprint density at radius 3 is 0.802 bits per heavy atom. The molecular formula is C62H109N4O52P3. The summed E-state index contributed by atoms with van der Waals surface area (Å²) in [7, 11) is -17.0. The lowest BCUT2D eigenvalue weighted by Gasteiger charge is -2.49. The lowest BCUT2D eigenvalue weighted by molar-refractivity contribution is -0.375. The van der Waals surface area contributed by atoms with Crippen LogP contribution in [-0.4, -0.2) is 474 Å². The molecule has 0 radical (unpaired) electrons. The van der Waals surface area contributed by atoms with Crippen molar-refractivity contribution in [2.45, 2.75) is 318 Å². The summed E-state index contributed by atoms with van der Waals surface area (Å²) in [6.45, 7) is -1.61. The van der Waals surface area contributed by atoms with E-state index in [4.69, 9.17) is 104 Å². The van der Waals surface area contributed by atoms with Crippen LogP contribution < -0.4 is 21.7 Å². The number of amides is 3. The van der Waals surface area contributed by atoms with Crippen LogP contribution in [0.5, 0.6) is 0 Å². The first kappa shape index (κ1) is 102. The van der Waals surface area contributed by atoms with Gasteiger partial charge in [0.25, 0.3) is 0 Å². The molecule has 0 bridgehead atoms. The van der Waals surface area contributed by atoms with Gasteiger partial charge in [-0.3, -0.25) is 41.5 Å². The molecule has 3 amide bonds. The second kappa shape index (κ2) is 43.3. The van der Waals surface area contributed by atoms with Gasteiger partial charge < -0.3 is 220 Å². The van der Waals surface area contributed by atoms with Gasteiger partial charge in [-0.15, -0.1) is 0 Å². The van der Waals surface area contributed by atoms with E-state index < -0.39 is 364 Å². The smallest absolute Gasteiger partial charge is 0.394 e. The zero-order valence-corrected chi connectivity index (χ0v) is 67.4. The number of aliphatic hydroxyl groups excluding tert-OH is 22. The molecule has 30 N–H and O–H groups in total. The van der Waals surface area contributed by atoms with Crippen LogP contribution in [0.15, 0.2) is 0 Å². The van der Waals surface area contributed by atoms with Crippen LogP contribution in [0.1, 0.15) is 41.5 Å². The molecule has 9 aliphatic heterocycles. The van der Waals surface area contributed by atoms with E-state index in [2.05, 4.69) is 16.0 Å². The minimum absolute atomic E-state index is 0.259. The van der Waals surface area contributed by atoms with Crippen LogP contribution in [0.4, 0.5) is 0 Å². The number of carbonyl (C=O) groups excluding carboxylic acids is 3. The summed E-state index contributed by atoms with van der Waals surface area (Å²) in [5.74, 6) is -2.83. The zero-order chi connectivity index (χ0) is 89.8. The van der Waals surface area contributed by atoms with E-state index in [1.807, 2.05) is 0 Å². The van der Waals surface area contributed by atoms with Crippen molar-refractivity contribution in [3.8, 4) is 0 Å². The van der Waals surface area contributed by atoms with Gasteiger partial charge in [-0.1, -0.05) is 0 Å². The fourth-order valence-corrected chi connectivity index (χ4v) is 17.5. The minimum Gasteiger partial charge on any atom is -0.394 e. The number of carbonyl (C=O) groups is 3. The number of hydrogen-bond donors (Lipinski definition) is 29. The van der Waals surface area contributed by atoms with Gasteiger partial charge in [-0.05, 0) is 20.8 Å². The second-order valence-corrected chi connectivity index (χ2v) is 33.7. The normalized spacial score (nSPS) is 47.9. The van der Waals surface area contributed by atoms with Gasteiger partial charge in [0, 0.05) is 27.3 Å². The second-order valence-electron chi connectivity index (χ2n) is 29.6. The Balaban J connectivity index is 0.849. The van der Waals surface area contributed by atoms with Gasteiger partial charge in [0.1, 0.15) is 201 Å². The fraction of sp³-hybridized carbons (Fsp3) is 0.952. The van der Waals surface area contributed by atoms with Crippen LogP contribution in [0.2, 0.25) is 0 Å². The van der Waals surface area contributed by atoms with Crippen LogP contribution >= 0.6 is 23.5 Å². The number of hydrogen-bond acceptors (Lipinski definition) is 50. The maximum absolute atomic E-state index is 14.3. The standard InChI is InChI=1S/C62H109N4O52P3/c1-15-30(76)37(83)51(60(99-15)116-119(92,93)98-8-7-63)111-57-44(90)41(87)47(23(11-69)106-57)109-55-28(65-19(5)74)35(81)49(25(13-71)103-55)115-121(96,97)118-62-53(39(85)32(78)17(3)101-62)113-59-45(91)42(88)48(24(12-70)107-59)110-56-29(66-20(6)75)36(82)50(26(14-72)104-56)114-120(94,95)117-61-52(38(84)31(77)16(2)100-61)112-58-43(89)40(86)46(22(10-68)105-58)108-54-27(64-18(4)73)34(80)33(79)21(9-67)102-54/h15-17,21-62,67-72,76-91H,7-14,63H2,1-6H3,(H,64,73)(H,65,74)(H,66,75)(H,92,93)(H,94,95)(H,96,97)/t15-,16-,17-,21+,22+,23+,24+,25+,26+,27-,28-,29-,30-,31-,32-,33+,34+,35+,36+,37+,38+,39+,40+,41+,42+,43+,44+,45+,46+,47+,48+,49+,50+,51+,52+,53+,54-,55-,56-,57+,58+,59+,60-,61-,62-/m0/s1. The summed E-state index contributed by atoms with van der Waals surface area (Å²) in [6.07, 6.45) is -88.4. The summed E-state index contributed by atoms with van der Waals surface area (Å²) in [4.78, 5) is 70.8. The first-order valence-electron chi connectivity index (χ1n) is 37.6. The molecule has 0 aromatic rings. The number of rotatable bonds is 34. The van der Waals surface area contributed by atoms with Crippen molar-refractivity contribution in [3.63, 3.8) is 0 Å². The Labute approximate surface area is 684 Å². The van der Waals surface area contributed by atoms with Gasteiger partial charge in [0.15, 0.2) is 56.6 Å². The van der Waals surface area contributed by atoms with Crippen molar-refractivity contribution in [3.05, 3.63) is 0 Å². The third-order valence-electron chi connectivity index (χ3n) is 20.9. The molecule has 9 saturated heterocycles. The maximum Gasteiger partial charge on any atom is 0.475 e. The average Bonchev–Trinajstić information content (AvgIpc) is 0.777. The molecule has 0 saturated carbocycles. The molecule has 56 nitrogen and oxygen atoms in total. The number of nitrogens with two attached hydrogens (primary N) is 1. The Bertz CT molecular complexity index is 3450. The first-order valence-corrected chi connectivity index (χ1v) is 42.1. The number of ether oxygens (including phenoxy) is 15. The van der Waals surface area contributed by atoms with Crippen molar-refractivity contribution < 1.29 is 253 Å². The monoisotopic (exact) mass is 1830 g/mol. The van der Waals surface area contributed by atoms with Crippen molar-refractivity contribution in [1.82, 2.24) is 16.0 Å². The minimum atomic E-state index is -6.01. The Hall–Kier alpha value is -2.78. The Morgan fingerprint density at radius 2 is 0.529 bits per heavy atom. The van der Waals surface area contributed by atoms with E-state index >= 15 is 0 Å². The molecular weight excluding hydrogens is 1730 g/mol. The Morgan fingerprint density at radius 1 is 0.289 bits per heavy atom. The van der Waals surface area contributed by atoms with E-state index in [0.717, 1.165) is 34.6 Å². The van der Waals surface area contributed by atoms with E-state index in [1.165, 1.54) is 6.92 Å². The fourth-order valence-electron chi connectivity index (χ4n) is 14.6. The quantitative estimate of drug-likeness (QED) is 0.0266. The van der Waals surface area contributed by atoms with Crippen molar-refractivity contribution in [1.29, 1.82) is 0 Å². The molecule has 704 valence electrons. The van der Waals surface area contributed by atoms with E-state index in [0.29, 0.717) is 0 Å². The third-order valence-corrected chi connectivity index (χ3v) is 23.8. The third kappa shape index (κ3) is 23.9. The largest absolute Gasteiger partial charge is 0.475 e.